The molecule has 0 unspecified atom stereocenters. The van der Waals surface area contributed by atoms with Gasteiger partial charge in [0.25, 0.3) is 0 Å². The maximum Gasteiger partial charge on any atom is 2.00 e. The van der Waals surface area contributed by atoms with Crippen molar-refractivity contribution in [2.24, 2.45) is 0 Å². The van der Waals surface area contributed by atoms with Gasteiger partial charge in [0.2, 0.25) is 0 Å². The Balaban J connectivity index is 0.00000401. The molecule has 0 saturated carbocycles. The maximum atomic E-state index is 5.39. The van der Waals surface area contributed by atoms with Crippen molar-refractivity contribution in [3.63, 3.8) is 0 Å². The molecular formula is C39H44N8Pt. The van der Waals surface area contributed by atoms with Gasteiger partial charge in [0.15, 0.2) is 0 Å². The van der Waals surface area contributed by atoms with E-state index < -0.39 is 16.2 Å². The number of rotatable bonds is 0. The zero-order valence-corrected chi connectivity index (χ0v) is 32.3. The van der Waals surface area contributed by atoms with E-state index in [1.54, 1.807) is 24.8 Å². The number of hydrogen-bond donors (Lipinski definition) is 0. The predicted octanol–water partition coefficient (Wildman–Crippen LogP) is 8.03. The minimum atomic E-state index is -0.570. The third-order valence-corrected chi connectivity index (χ3v) is 10.6. The third kappa shape index (κ3) is 5.05. The van der Waals surface area contributed by atoms with Crippen LogP contribution in [0.25, 0.3) is 34.0 Å². The van der Waals surface area contributed by atoms with Crippen molar-refractivity contribution in [2.75, 3.05) is 0 Å². The molecule has 7 heterocycles. The molecule has 6 aromatic rings. The average Bonchev–Trinajstić information content (AvgIpc) is 3.60. The third-order valence-electron chi connectivity index (χ3n) is 10.6. The Kier molecular flexibility index (Phi) is 7.72. The Labute approximate surface area is 298 Å². The van der Waals surface area contributed by atoms with Crippen LogP contribution in [0, 0.1) is 12.4 Å². The van der Waals surface area contributed by atoms with Gasteiger partial charge in [-0.05, 0) is 69.8 Å². The maximum absolute atomic E-state index is 5.39. The summed E-state index contributed by atoms with van der Waals surface area (Å²) in [7, 11) is 0. The Morgan fingerprint density at radius 3 is 1.25 bits per heavy atom. The topological polar surface area (TPSA) is 87.2 Å². The first-order chi connectivity index (χ1) is 21.8. The van der Waals surface area contributed by atoms with E-state index in [2.05, 4.69) is 120 Å². The molecular weight excluding hydrogens is 776 g/mol. The second-order valence-electron chi connectivity index (χ2n) is 16.7. The normalized spacial score (nSPS) is 16.7. The summed E-state index contributed by atoms with van der Waals surface area (Å²) in [4.78, 5) is 30.3. The molecule has 0 N–H and O–H groups in total. The van der Waals surface area contributed by atoms with Crippen molar-refractivity contribution in [3.8, 4) is 11.6 Å². The molecule has 0 aromatic carbocycles. The van der Waals surface area contributed by atoms with E-state index in [1.807, 2.05) is 9.13 Å². The molecule has 8 nitrogen and oxygen atoms in total. The van der Waals surface area contributed by atoms with Gasteiger partial charge in [-0.1, -0.05) is 105 Å². The van der Waals surface area contributed by atoms with Crippen molar-refractivity contribution in [1.82, 2.24) is 39.0 Å². The first-order valence-corrected chi connectivity index (χ1v) is 16.4. The molecule has 6 aromatic heterocycles. The minimum Gasteiger partial charge on any atom is -0.412 e. The molecule has 0 aliphatic carbocycles. The van der Waals surface area contributed by atoms with Gasteiger partial charge in [0.1, 0.15) is 0 Å². The molecule has 0 saturated heterocycles. The summed E-state index contributed by atoms with van der Waals surface area (Å²) in [5.74, 6) is 1.53. The molecule has 48 heavy (non-hydrogen) atoms. The van der Waals surface area contributed by atoms with Crippen LogP contribution < -0.4 is 0 Å². The fourth-order valence-electron chi connectivity index (χ4n) is 6.50. The van der Waals surface area contributed by atoms with Crippen molar-refractivity contribution in [1.29, 1.82) is 0 Å². The van der Waals surface area contributed by atoms with Gasteiger partial charge >= 0.3 is 21.1 Å². The summed E-state index contributed by atoms with van der Waals surface area (Å²) in [5.41, 5.74) is 7.30. The van der Waals surface area contributed by atoms with E-state index in [4.69, 9.17) is 29.9 Å². The van der Waals surface area contributed by atoms with Crippen LogP contribution >= 0.6 is 0 Å². The monoisotopic (exact) mass is 819 g/mol. The second kappa shape index (κ2) is 10.9. The van der Waals surface area contributed by atoms with Crippen molar-refractivity contribution < 1.29 is 21.1 Å². The largest absolute Gasteiger partial charge is 2.00 e. The van der Waals surface area contributed by atoms with Gasteiger partial charge in [0.05, 0.1) is 11.6 Å². The molecule has 9 heteroatoms. The number of fused-ring (bicyclic) bond motifs is 16. The van der Waals surface area contributed by atoms with Crippen molar-refractivity contribution >= 4 is 22.3 Å². The number of nitrogens with zero attached hydrogens (tertiary/aromatic N) is 8. The molecule has 0 amide bonds. The number of pyridine rings is 2. The molecule has 1 aliphatic rings. The summed E-state index contributed by atoms with van der Waals surface area (Å²) in [5, 5.41) is 0. The first-order valence-electron chi connectivity index (χ1n) is 16.4. The van der Waals surface area contributed by atoms with Crippen molar-refractivity contribution in [3.05, 3.63) is 95.1 Å². The molecule has 250 valence electrons. The Morgan fingerprint density at radius 1 is 0.542 bits per heavy atom. The molecule has 0 fully saturated rings. The molecule has 1 aliphatic heterocycles. The fourth-order valence-corrected chi connectivity index (χ4v) is 6.50. The summed E-state index contributed by atoms with van der Waals surface area (Å²) in [6.45, 7) is 26.8. The van der Waals surface area contributed by atoms with Crippen LogP contribution in [-0.4, -0.2) is 39.0 Å². The van der Waals surface area contributed by atoms with Crippen LogP contribution in [0.3, 0.4) is 0 Å². The van der Waals surface area contributed by atoms with E-state index in [9.17, 15) is 0 Å². The van der Waals surface area contributed by atoms with Gasteiger partial charge in [-0.3, -0.25) is 19.9 Å². The Morgan fingerprint density at radius 2 is 0.896 bits per heavy atom. The average molecular weight is 820 g/mol. The van der Waals surface area contributed by atoms with Crippen LogP contribution in [0.5, 0.6) is 0 Å². The Bertz CT molecular complexity index is 2050. The number of aromatic nitrogens is 8. The van der Waals surface area contributed by atoms with Crippen molar-refractivity contribution in [2.45, 2.75) is 110 Å². The first kappa shape index (κ1) is 34.1. The zero-order chi connectivity index (χ0) is 33.9. The summed E-state index contributed by atoms with van der Waals surface area (Å²) < 4.78 is 4.00. The van der Waals surface area contributed by atoms with E-state index in [1.165, 1.54) is 11.1 Å². The fraction of sp³-hybridized carbons (Fsp3) is 0.436. The zero-order valence-electron chi connectivity index (χ0n) is 30.0. The smallest absolute Gasteiger partial charge is 0.412 e. The van der Waals surface area contributed by atoms with E-state index in [0.29, 0.717) is 0 Å². The van der Waals surface area contributed by atoms with Gasteiger partial charge in [-0.25, -0.2) is 0 Å². The summed E-state index contributed by atoms with van der Waals surface area (Å²) in [6, 6.07) is 8.81. The molecule has 0 atom stereocenters. The summed E-state index contributed by atoms with van der Waals surface area (Å²) in [6.07, 6.45) is 14.5. The minimum absolute atomic E-state index is 0. The van der Waals surface area contributed by atoms with Crippen LogP contribution in [0.2, 0.25) is 0 Å². The predicted molar refractivity (Wildman–Crippen MR) is 187 cm³/mol. The van der Waals surface area contributed by atoms with Gasteiger partial charge < -0.3 is 19.1 Å². The number of hydrogen-bond acceptors (Lipinski definition) is 6. The summed E-state index contributed by atoms with van der Waals surface area (Å²) >= 11 is 0. The van der Waals surface area contributed by atoms with E-state index >= 15 is 0 Å². The molecule has 0 radical (unpaired) electrons. The standard InChI is InChI=1S/C39H44N8.Pt/c1-35(2,3)23-17-27-37(7,8)28-18-24(36(4,5)6)20-30(45-28)47-22-26(32-34(47)43-16-14-41-32)39(11,12)38(9,10)25-21-46(29(19-23)44-27)33-31(25)40-13-15-42-33;/h13-20H,1-12H3;/q-2;+2. The van der Waals surface area contributed by atoms with Crippen LogP contribution in [0.4, 0.5) is 0 Å². The molecule has 0 spiro atoms. The van der Waals surface area contributed by atoms with Crippen LogP contribution in [0.1, 0.15) is 117 Å². The van der Waals surface area contributed by atoms with Gasteiger partial charge in [-0.2, -0.15) is 0 Å². The van der Waals surface area contributed by atoms with Crippen LogP contribution in [0.15, 0.2) is 49.1 Å². The van der Waals surface area contributed by atoms with Crippen LogP contribution in [-0.2, 0) is 48.1 Å². The second-order valence-corrected chi connectivity index (χ2v) is 16.7. The Hall–Kier alpha value is -3.77. The molecule has 8 bridgehead atoms. The molecule has 7 rings (SSSR count). The quantitative estimate of drug-likeness (QED) is 0.144. The van der Waals surface area contributed by atoms with Gasteiger partial charge in [0, 0.05) is 52.9 Å². The van der Waals surface area contributed by atoms with Gasteiger partial charge in [-0.15, -0.1) is 0 Å². The SMILES string of the molecule is CC(C)(C)c1cc2nc(c1)C(C)(C)c1cc(C(C)(C)C)cc(n1)-n1[c-]c(c3nccnc31)C(C)(C)C(C)(C)c1[c-]n-2c2nccnc12.[Pt+2]. The van der Waals surface area contributed by atoms with E-state index in [0.717, 1.165) is 56.5 Å². The van der Waals surface area contributed by atoms with E-state index in [-0.39, 0.29) is 31.9 Å².